The van der Waals surface area contributed by atoms with Gasteiger partial charge >= 0.3 is 5.97 Å². The van der Waals surface area contributed by atoms with E-state index in [9.17, 15) is 9.90 Å². The summed E-state index contributed by atoms with van der Waals surface area (Å²) in [5.74, 6) is -0.0137. The minimum absolute atomic E-state index is 0.0326. The average Bonchev–Trinajstić information content (AvgIpc) is 2.50. The maximum Gasteiger partial charge on any atom is 0.306 e. The van der Waals surface area contributed by atoms with Crippen LogP contribution in [0, 0.1) is 0 Å². The minimum atomic E-state index is -0.216. The molecule has 0 saturated heterocycles. The monoisotopic (exact) mass is 285 g/mol. The number of pyridine rings is 1. The molecule has 1 unspecified atom stereocenters. The summed E-state index contributed by atoms with van der Waals surface area (Å²) in [4.78, 5) is 16.1. The fourth-order valence-electron chi connectivity index (χ4n) is 2.24. The summed E-state index contributed by atoms with van der Waals surface area (Å²) in [6.45, 7) is 2.18. The predicted molar refractivity (Wildman–Crippen MR) is 80.0 cm³/mol. The molecule has 0 amide bonds. The fourth-order valence-corrected chi connectivity index (χ4v) is 2.24. The van der Waals surface area contributed by atoms with Crippen molar-refractivity contribution in [3.63, 3.8) is 0 Å². The first-order chi connectivity index (χ1) is 10.2. The third kappa shape index (κ3) is 4.60. The van der Waals surface area contributed by atoms with Crippen LogP contribution in [0.3, 0.4) is 0 Å². The quantitative estimate of drug-likeness (QED) is 0.829. The molecular weight excluding hydrogens is 266 g/mol. The van der Waals surface area contributed by atoms with Crippen molar-refractivity contribution in [2.75, 3.05) is 6.61 Å². The second kappa shape index (κ2) is 7.43. The molecule has 0 radical (unpaired) electrons. The van der Waals surface area contributed by atoms with Crippen LogP contribution in [0.5, 0.6) is 5.75 Å². The first-order valence-electron chi connectivity index (χ1n) is 7.03. The van der Waals surface area contributed by atoms with E-state index in [1.807, 2.05) is 30.3 Å². The molecule has 0 spiro atoms. The van der Waals surface area contributed by atoms with Crippen LogP contribution >= 0.6 is 0 Å². The summed E-state index contributed by atoms with van der Waals surface area (Å²) in [5, 5.41) is 9.34. The number of esters is 1. The Balaban J connectivity index is 2.15. The zero-order chi connectivity index (χ0) is 15.1. The van der Waals surface area contributed by atoms with Gasteiger partial charge in [0, 0.05) is 17.8 Å². The standard InChI is InChI=1S/C17H19NO3/c1-2-21-17(20)12-14(16-5-3-4-10-18-16)11-13-6-8-15(19)9-7-13/h3-10,14,19H,2,11-12H2,1H3. The van der Waals surface area contributed by atoms with Crippen LogP contribution in [0.4, 0.5) is 0 Å². The molecule has 4 heteroatoms. The molecule has 4 nitrogen and oxygen atoms in total. The number of aromatic nitrogens is 1. The minimum Gasteiger partial charge on any atom is -0.508 e. The smallest absolute Gasteiger partial charge is 0.306 e. The van der Waals surface area contributed by atoms with Crippen molar-refractivity contribution in [2.24, 2.45) is 0 Å². The first kappa shape index (κ1) is 15.0. The van der Waals surface area contributed by atoms with E-state index >= 15 is 0 Å². The number of hydrogen-bond acceptors (Lipinski definition) is 4. The average molecular weight is 285 g/mol. The van der Waals surface area contributed by atoms with E-state index in [0.29, 0.717) is 19.4 Å². The van der Waals surface area contributed by atoms with Gasteiger partial charge in [-0.1, -0.05) is 18.2 Å². The number of aromatic hydroxyl groups is 1. The number of hydrogen-bond donors (Lipinski definition) is 1. The van der Waals surface area contributed by atoms with Crippen LogP contribution in [-0.2, 0) is 16.0 Å². The summed E-state index contributed by atoms with van der Waals surface area (Å²) < 4.78 is 5.04. The number of ether oxygens (including phenoxy) is 1. The van der Waals surface area contributed by atoms with E-state index in [2.05, 4.69) is 4.98 Å². The molecule has 0 aliphatic rings. The Hall–Kier alpha value is -2.36. The first-order valence-corrected chi connectivity index (χ1v) is 7.03. The third-order valence-electron chi connectivity index (χ3n) is 3.24. The highest BCUT2D eigenvalue weighted by atomic mass is 16.5. The molecular formula is C17H19NO3. The zero-order valence-electron chi connectivity index (χ0n) is 12.0. The van der Waals surface area contributed by atoms with Gasteiger partial charge in [0.1, 0.15) is 5.75 Å². The Morgan fingerprint density at radius 2 is 2.00 bits per heavy atom. The van der Waals surface area contributed by atoms with Crippen LogP contribution in [0.25, 0.3) is 0 Å². The fraction of sp³-hybridized carbons (Fsp3) is 0.294. The molecule has 1 aromatic carbocycles. The Morgan fingerprint density at radius 3 is 2.62 bits per heavy atom. The van der Waals surface area contributed by atoms with E-state index in [0.717, 1.165) is 11.3 Å². The lowest BCUT2D eigenvalue weighted by Crippen LogP contribution is -2.13. The van der Waals surface area contributed by atoms with Crippen molar-refractivity contribution < 1.29 is 14.6 Å². The summed E-state index contributed by atoms with van der Waals surface area (Å²) in [6.07, 6.45) is 2.70. The lowest BCUT2D eigenvalue weighted by molar-refractivity contribution is -0.143. The molecule has 110 valence electrons. The Kier molecular flexibility index (Phi) is 5.32. The van der Waals surface area contributed by atoms with Crippen LogP contribution in [0.1, 0.15) is 30.5 Å². The summed E-state index contributed by atoms with van der Waals surface area (Å²) in [7, 11) is 0. The summed E-state index contributed by atoms with van der Waals surface area (Å²) in [5.41, 5.74) is 1.92. The van der Waals surface area contributed by atoms with Crippen LogP contribution in [-0.4, -0.2) is 22.7 Å². The maximum absolute atomic E-state index is 11.8. The number of phenolic OH excluding ortho intramolecular Hbond substituents is 1. The van der Waals surface area contributed by atoms with E-state index in [1.54, 1.807) is 25.3 Å². The van der Waals surface area contributed by atoms with Gasteiger partial charge in [-0.2, -0.15) is 0 Å². The molecule has 0 aliphatic carbocycles. The van der Waals surface area contributed by atoms with Crippen LogP contribution in [0.15, 0.2) is 48.7 Å². The van der Waals surface area contributed by atoms with Gasteiger partial charge in [-0.3, -0.25) is 9.78 Å². The largest absolute Gasteiger partial charge is 0.508 e. The molecule has 2 rings (SSSR count). The van der Waals surface area contributed by atoms with Crippen molar-refractivity contribution >= 4 is 5.97 Å². The molecule has 1 heterocycles. The molecule has 2 aromatic rings. The van der Waals surface area contributed by atoms with E-state index in [4.69, 9.17) is 4.74 Å². The number of phenols is 1. The number of carbonyl (C=O) groups is 1. The molecule has 0 fully saturated rings. The van der Waals surface area contributed by atoms with Gasteiger partial charge in [-0.25, -0.2) is 0 Å². The van der Waals surface area contributed by atoms with Crippen molar-refractivity contribution in [3.05, 3.63) is 59.9 Å². The SMILES string of the molecule is CCOC(=O)CC(Cc1ccc(O)cc1)c1ccccn1. The molecule has 1 atom stereocenters. The molecule has 1 aromatic heterocycles. The molecule has 21 heavy (non-hydrogen) atoms. The lowest BCUT2D eigenvalue weighted by Gasteiger charge is -2.16. The van der Waals surface area contributed by atoms with Gasteiger partial charge in [0.25, 0.3) is 0 Å². The Bertz CT molecular complexity index is 566. The molecule has 0 saturated carbocycles. The van der Waals surface area contributed by atoms with Gasteiger partial charge in [0.05, 0.1) is 13.0 Å². The number of benzene rings is 1. The number of nitrogens with zero attached hydrogens (tertiary/aromatic N) is 1. The molecule has 1 N–H and O–H groups in total. The number of rotatable bonds is 6. The van der Waals surface area contributed by atoms with Gasteiger partial charge < -0.3 is 9.84 Å². The van der Waals surface area contributed by atoms with Crippen molar-refractivity contribution in [1.29, 1.82) is 0 Å². The Labute approximate surface area is 124 Å². The van der Waals surface area contributed by atoms with E-state index in [-0.39, 0.29) is 17.6 Å². The van der Waals surface area contributed by atoms with Crippen molar-refractivity contribution in [3.8, 4) is 5.75 Å². The summed E-state index contributed by atoms with van der Waals surface area (Å²) in [6, 6.07) is 12.7. The summed E-state index contributed by atoms with van der Waals surface area (Å²) >= 11 is 0. The second-order valence-electron chi connectivity index (χ2n) is 4.83. The predicted octanol–water partition coefficient (Wildman–Crippen LogP) is 3.07. The van der Waals surface area contributed by atoms with E-state index in [1.165, 1.54) is 0 Å². The highest BCUT2D eigenvalue weighted by molar-refractivity contribution is 5.70. The maximum atomic E-state index is 11.8. The third-order valence-corrected chi connectivity index (χ3v) is 3.24. The van der Waals surface area contributed by atoms with Crippen LogP contribution in [0.2, 0.25) is 0 Å². The van der Waals surface area contributed by atoms with Gasteiger partial charge in [-0.05, 0) is 43.2 Å². The topological polar surface area (TPSA) is 59.4 Å². The molecule has 0 bridgehead atoms. The van der Waals surface area contributed by atoms with Gasteiger partial charge in [-0.15, -0.1) is 0 Å². The highest BCUT2D eigenvalue weighted by Gasteiger charge is 2.18. The van der Waals surface area contributed by atoms with Crippen molar-refractivity contribution in [1.82, 2.24) is 4.98 Å². The number of carbonyl (C=O) groups excluding carboxylic acids is 1. The normalized spacial score (nSPS) is 11.9. The molecule has 0 aliphatic heterocycles. The Morgan fingerprint density at radius 1 is 1.24 bits per heavy atom. The van der Waals surface area contributed by atoms with Crippen molar-refractivity contribution in [2.45, 2.75) is 25.7 Å². The zero-order valence-corrected chi connectivity index (χ0v) is 12.0. The van der Waals surface area contributed by atoms with Gasteiger partial charge in [0.15, 0.2) is 0 Å². The van der Waals surface area contributed by atoms with E-state index < -0.39 is 0 Å². The highest BCUT2D eigenvalue weighted by Crippen LogP contribution is 2.24. The lowest BCUT2D eigenvalue weighted by atomic mass is 9.92. The van der Waals surface area contributed by atoms with Crippen LogP contribution < -0.4 is 0 Å². The second-order valence-corrected chi connectivity index (χ2v) is 4.83. The van der Waals surface area contributed by atoms with Gasteiger partial charge in [0.2, 0.25) is 0 Å².